The Morgan fingerprint density at radius 3 is 2.62 bits per heavy atom. The van der Waals surface area contributed by atoms with Crippen molar-refractivity contribution < 1.29 is 0 Å². The van der Waals surface area contributed by atoms with Gasteiger partial charge in [0.15, 0.2) is 0 Å². The molecule has 1 aliphatic heterocycles. The smallest absolute Gasteiger partial charge is 0.140 e. The van der Waals surface area contributed by atoms with Gasteiger partial charge in [0.25, 0.3) is 0 Å². The first-order valence-electron chi connectivity index (χ1n) is 7.15. The molecular weight excluding hydrogens is 264 g/mol. The summed E-state index contributed by atoms with van der Waals surface area (Å²) < 4.78 is 0. The van der Waals surface area contributed by atoms with Gasteiger partial charge in [0, 0.05) is 45.1 Å². The normalized spacial score (nSPS) is 16.0. The van der Waals surface area contributed by atoms with Crippen molar-refractivity contribution in [2.24, 2.45) is 5.84 Å². The number of hydrazine groups is 1. The van der Waals surface area contributed by atoms with E-state index in [4.69, 9.17) is 5.84 Å². The Bertz CT molecular complexity index is 565. The van der Waals surface area contributed by atoms with Gasteiger partial charge in [-0.25, -0.2) is 15.8 Å². The van der Waals surface area contributed by atoms with E-state index in [2.05, 4.69) is 31.3 Å². The van der Waals surface area contributed by atoms with Crippen LogP contribution >= 0.6 is 0 Å². The van der Waals surface area contributed by atoms with Gasteiger partial charge < -0.3 is 10.3 Å². The fraction of sp³-hybridized carbons (Fsp3) is 0.333. The van der Waals surface area contributed by atoms with E-state index in [1.165, 1.54) is 5.56 Å². The van der Waals surface area contributed by atoms with Crippen molar-refractivity contribution in [3.63, 3.8) is 0 Å². The van der Waals surface area contributed by atoms with Gasteiger partial charge in [0.05, 0.1) is 0 Å². The second-order valence-corrected chi connectivity index (χ2v) is 5.14. The third kappa shape index (κ3) is 3.48. The van der Waals surface area contributed by atoms with Crippen molar-refractivity contribution in [1.29, 1.82) is 0 Å². The van der Waals surface area contributed by atoms with Gasteiger partial charge in [-0.15, -0.1) is 0 Å². The molecule has 0 aliphatic carbocycles. The summed E-state index contributed by atoms with van der Waals surface area (Å²) >= 11 is 0. The summed E-state index contributed by atoms with van der Waals surface area (Å²) in [4.78, 5) is 13.3. The highest BCUT2D eigenvalue weighted by Crippen LogP contribution is 2.15. The third-order valence-corrected chi connectivity index (χ3v) is 3.72. The van der Waals surface area contributed by atoms with Crippen molar-refractivity contribution >= 4 is 11.6 Å². The Hall–Kier alpha value is -2.18. The molecule has 2 aromatic heterocycles. The molecule has 0 saturated carbocycles. The molecule has 2 aromatic rings. The third-order valence-electron chi connectivity index (χ3n) is 3.72. The van der Waals surface area contributed by atoms with Crippen LogP contribution < -0.4 is 16.2 Å². The van der Waals surface area contributed by atoms with Crippen LogP contribution in [-0.2, 0) is 6.54 Å². The Morgan fingerprint density at radius 1 is 1.05 bits per heavy atom. The maximum Gasteiger partial charge on any atom is 0.140 e. The molecule has 21 heavy (non-hydrogen) atoms. The highest BCUT2D eigenvalue weighted by molar-refractivity contribution is 5.38. The predicted molar refractivity (Wildman–Crippen MR) is 83.8 cm³/mol. The van der Waals surface area contributed by atoms with Gasteiger partial charge in [-0.1, -0.05) is 6.07 Å². The Labute approximate surface area is 124 Å². The zero-order chi connectivity index (χ0) is 14.5. The second-order valence-electron chi connectivity index (χ2n) is 5.14. The molecule has 1 saturated heterocycles. The topological polar surface area (TPSA) is 70.3 Å². The number of aromatic nitrogens is 2. The molecule has 3 heterocycles. The lowest BCUT2D eigenvalue weighted by molar-refractivity contribution is 0.249. The van der Waals surface area contributed by atoms with Crippen molar-refractivity contribution in [3.8, 4) is 0 Å². The van der Waals surface area contributed by atoms with E-state index in [1.807, 2.05) is 30.5 Å². The average Bonchev–Trinajstić information content (AvgIpc) is 2.56. The molecule has 1 aliphatic rings. The number of pyridine rings is 2. The maximum absolute atomic E-state index is 5.39. The Kier molecular flexibility index (Phi) is 4.28. The quantitative estimate of drug-likeness (QED) is 0.647. The zero-order valence-corrected chi connectivity index (χ0v) is 11.9. The lowest BCUT2D eigenvalue weighted by atomic mass is 10.2. The van der Waals surface area contributed by atoms with Crippen LogP contribution in [0.25, 0.3) is 0 Å². The van der Waals surface area contributed by atoms with Crippen LogP contribution in [0, 0.1) is 0 Å². The maximum atomic E-state index is 5.39. The first kappa shape index (κ1) is 13.8. The number of anilines is 2. The molecule has 6 heteroatoms. The van der Waals surface area contributed by atoms with Crippen molar-refractivity contribution in [1.82, 2.24) is 14.9 Å². The number of nitrogens with two attached hydrogens (primary N) is 1. The first-order chi connectivity index (χ1) is 10.3. The van der Waals surface area contributed by atoms with E-state index in [1.54, 1.807) is 6.20 Å². The minimum Gasteiger partial charge on any atom is -0.354 e. The lowest BCUT2D eigenvalue weighted by Gasteiger charge is -2.35. The number of hydrogen-bond acceptors (Lipinski definition) is 6. The van der Waals surface area contributed by atoms with Crippen LogP contribution in [0.4, 0.5) is 11.6 Å². The van der Waals surface area contributed by atoms with E-state index >= 15 is 0 Å². The number of nitrogen functional groups attached to an aromatic ring is 1. The highest BCUT2D eigenvalue weighted by atomic mass is 15.3. The van der Waals surface area contributed by atoms with Gasteiger partial charge in [-0.3, -0.25) is 4.90 Å². The highest BCUT2D eigenvalue weighted by Gasteiger charge is 2.17. The molecule has 1 fully saturated rings. The molecule has 3 N–H and O–H groups in total. The van der Waals surface area contributed by atoms with Crippen LogP contribution in [-0.4, -0.2) is 41.0 Å². The van der Waals surface area contributed by atoms with Crippen LogP contribution in [0.2, 0.25) is 0 Å². The van der Waals surface area contributed by atoms with E-state index < -0.39 is 0 Å². The van der Waals surface area contributed by atoms with E-state index in [9.17, 15) is 0 Å². The summed E-state index contributed by atoms with van der Waals surface area (Å²) in [6.07, 6.45) is 3.63. The molecule has 0 atom stereocenters. The van der Waals surface area contributed by atoms with Gasteiger partial charge in [-0.05, 0) is 29.8 Å². The standard InChI is InChI=1S/C15H20N6/c16-19-14-11-13(4-6-17-14)12-20-7-9-21(10-8-20)15-3-1-2-5-18-15/h1-6,11H,7-10,12,16H2,(H,17,19). The van der Waals surface area contributed by atoms with Crippen LogP contribution in [0.15, 0.2) is 42.7 Å². The SMILES string of the molecule is NNc1cc(CN2CCN(c3ccccn3)CC2)ccn1. The lowest BCUT2D eigenvalue weighted by Crippen LogP contribution is -2.46. The van der Waals surface area contributed by atoms with Gasteiger partial charge in [0.1, 0.15) is 11.6 Å². The number of hydrogen-bond donors (Lipinski definition) is 2. The van der Waals surface area contributed by atoms with Gasteiger partial charge in [-0.2, -0.15) is 0 Å². The number of piperazine rings is 1. The van der Waals surface area contributed by atoms with Crippen LogP contribution in [0.5, 0.6) is 0 Å². The predicted octanol–water partition coefficient (Wildman–Crippen LogP) is 1.08. The molecule has 3 rings (SSSR count). The van der Waals surface area contributed by atoms with E-state index in [-0.39, 0.29) is 0 Å². The summed E-state index contributed by atoms with van der Waals surface area (Å²) in [6, 6.07) is 10.1. The minimum atomic E-state index is 0.708. The molecule has 0 aromatic carbocycles. The molecule has 0 amide bonds. The van der Waals surface area contributed by atoms with Gasteiger partial charge >= 0.3 is 0 Å². The van der Waals surface area contributed by atoms with Crippen molar-refractivity contribution in [3.05, 3.63) is 48.3 Å². The summed E-state index contributed by atoms with van der Waals surface area (Å²) in [5.74, 6) is 7.17. The summed E-state index contributed by atoms with van der Waals surface area (Å²) in [6.45, 7) is 5.00. The largest absolute Gasteiger partial charge is 0.354 e. The second kappa shape index (κ2) is 6.51. The zero-order valence-electron chi connectivity index (χ0n) is 11.9. The molecule has 6 nitrogen and oxygen atoms in total. The monoisotopic (exact) mass is 284 g/mol. The Balaban J connectivity index is 1.56. The molecule has 110 valence electrons. The average molecular weight is 284 g/mol. The summed E-state index contributed by atoms with van der Waals surface area (Å²) in [5, 5.41) is 0. The molecule has 0 bridgehead atoms. The summed E-state index contributed by atoms with van der Waals surface area (Å²) in [5.41, 5.74) is 3.81. The van der Waals surface area contributed by atoms with Crippen LogP contribution in [0.1, 0.15) is 5.56 Å². The van der Waals surface area contributed by atoms with Crippen LogP contribution in [0.3, 0.4) is 0 Å². The molecule has 0 unspecified atom stereocenters. The first-order valence-corrected chi connectivity index (χ1v) is 7.15. The fourth-order valence-corrected chi connectivity index (χ4v) is 2.59. The van der Waals surface area contributed by atoms with Crippen molar-refractivity contribution in [2.75, 3.05) is 36.5 Å². The summed E-state index contributed by atoms with van der Waals surface area (Å²) in [7, 11) is 0. The molecule has 0 radical (unpaired) electrons. The van der Waals surface area contributed by atoms with E-state index in [0.717, 1.165) is 38.5 Å². The number of nitrogens with one attached hydrogen (secondary N) is 1. The Morgan fingerprint density at radius 2 is 1.90 bits per heavy atom. The fourth-order valence-electron chi connectivity index (χ4n) is 2.59. The molecular formula is C15H20N6. The van der Waals surface area contributed by atoms with Crippen molar-refractivity contribution in [2.45, 2.75) is 6.54 Å². The number of nitrogens with zero attached hydrogens (tertiary/aromatic N) is 4. The number of rotatable bonds is 4. The van der Waals surface area contributed by atoms with Gasteiger partial charge in [0.2, 0.25) is 0 Å². The van der Waals surface area contributed by atoms with E-state index in [0.29, 0.717) is 5.82 Å². The molecule has 0 spiro atoms. The minimum absolute atomic E-state index is 0.708.